The summed E-state index contributed by atoms with van der Waals surface area (Å²) in [7, 11) is 0. The number of rotatable bonds is 3. The van der Waals surface area contributed by atoms with Crippen molar-refractivity contribution in [3.05, 3.63) is 23.4 Å². The Morgan fingerprint density at radius 3 is 2.73 bits per heavy atom. The van der Waals surface area contributed by atoms with Gasteiger partial charge in [0, 0.05) is 11.3 Å². The van der Waals surface area contributed by atoms with Crippen LogP contribution in [0.15, 0.2) is 28.4 Å². The van der Waals surface area contributed by atoms with Gasteiger partial charge in [0.05, 0.1) is 6.61 Å². The number of hydrogen-bond donors (Lipinski definition) is 0. The maximum absolute atomic E-state index is 5.15. The van der Waals surface area contributed by atoms with Crippen LogP contribution in [0.25, 0.3) is 0 Å². The Hall–Kier alpha value is -0.890. The second kappa shape index (κ2) is 3.49. The molecular formula is C9H13NO. The minimum atomic E-state index is 0.275. The lowest BCUT2D eigenvalue weighted by Gasteiger charge is -1.98. The van der Waals surface area contributed by atoms with Gasteiger partial charge in [-0.15, -0.1) is 0 Å². The highest BCUT2D eigenvalue weighted by Crippen LogP contribution is 2.23. The summed E-state index contributed by atoms with van der Waals surface area (Å²) in [6.45, 7) is 8.24. The molecule has 0 amide bonds. The minimum absolute atomic E-state index is 0.275. The summed E-state index contributed by atoms with van der Waals surface area (Å²) in [5.41, 5.74) is 2.12. The molecule has 2 heteroatoms. The monoisotopic (exact) mass is 151 g/mol. The molecule has 0 radical (unpaired) electrons. The van der Waals surface area contributed by atoms with Crippen LogP contribution >= 0.6 is 0 Å². The number of nitrogens with zero attached hydrogens (tertiary/aromatic N) is 1. The first-order valence-corrected chi connectivity index (χ1v) is 3.71. The van der Waals surface area contributed by atoms with Gasteiger partial charge >= 0.3 is 0 Å². The third-order valence-electron chi connectivity index (χ3n) is 1.68. The topological polar surface area (TPSA) is 24.9 Å². The maximum Gasteiger partial charge on any atom is 0.108 e. The predicted octanol–water partition coefficient (Wildman–Crippen LogP) is 1.94. The molecule has 0 saturated carbocycles. The standard InChI is InChI=1S/C9H13NO/c1-4-5-8(7(2)10-3)9-6-11-9/h4-5,9H,3,6H2,1-2H3/b5-4-,8-7+. The fourth-order valence-electron chi connectivity index (χ4n) is 0.959. The SMILES string of the molecule is C=N/C(C)=C(\C=C/C)C1CO1. The summed E-state index contributed by atoms with van der Waals surface area (Å²) >= 11 is 0. The Morgan fingerprint density at radius 2 is 2.36 bits per heavy atom. The summed E-state index contributed by atoms with van der Waals surface area (Å²) in [5.74, 6) is 0. The van der Waals surface area contributed by atoms with E-state index in [1.165, 1.54) is 0 Å². The zero-order valence-electron chi connectivity index (χ0n) is 7.00. The summed E-state index contributed by atoms with van der Waals surface area (Å²) in [5, 5.41) is 0. The van der Waals surface area contributed by atoms with Gasteiger partial charge in [0.1, 0.15) is 6.10 Å². The van der Waals surface area contributed by atoms with E-state index in [1.807, 2.05) is 26.0 Å². The first-order valence-electron chi connectivity index (χ1n) is 3.71. The Balaban J connectivity index is 2.79. The quantitative estimate of drug-likeness (QED) is 0.343. The van der Waals surface area contributed by atoms with Crippen molar-refractivity contribution in [1.82, 2.24) is 0 Å². The second-order valence-electron chi connectivity index (χ2n) is 2.52. The van der Waals surface area contributed by atoms with Gasteiger partial charge in [-0.05, 0) is 20.6 Å². The third kappa shape index (κ3) is 2.02. The van der Waals surface area contributed by atoms with Crippen LogP contribution in [-0.4, -0.2) is 19.4 Å². The molecule has 0 aromatic carbocycles. The van der Waals surface area contributed by atoms with E-state index in [-0.39, 0.29) is 6.10 Å². The first kappa shape index (κ1) is 8.21. The smallest absolute Gasteiger partial charge is 0.108 e. The molecule has 0 spiro atoms. The molecule has 2 nitrogen and oxygen atoms in total. The van der Waals surface area contributed by atoms with Crippen molar-refractivity contribution in [2.45, 2.75) is 20.0 Å². The lowest BCUT2D eigenvalue weighted by molar-refractivity contribution is 0.433. The van der Waals surface area contributed by atoms with Gasteiger partial charge in [-0.2, -0.15) is 0 Å². The lowest BCUT2D eigenvalue weighted by Crippen LogP contribution is -1.91. The Morgan fingerprint density at radius 1 is 1.73 bits per heavy atom. The molecule has 0 aliphatic carbocycles. The van der Waals surface area contributed by atoms with Crippen molar-refractivity contribution in [1.29, 1.82) is 0 Å². The number of allylic oxidation sites excluding steroid dienone is 2. The van der Waals surface area contributed by atoms with Crippen LogP contribution in [0.4, 0.5) is 0 Å². The van der Waals surface area contributed by atoms with Crippen molar-refractivity contribution < 1.29 is 4.74 Å². The highest BCUT2D eigenvalue weighted by Gasteiger charge is 2.26. The van der Waals surface area contributed by atoms with Crippen LogP contribution in [0.3, 0.4) is 0 Å². The van der Waals surface area contributed by atoms with E-state index in [2.05, 4.69) is 11.7 Å². The number of epoxide rings is 1. The van der Waals surface area contributed by atoms with Gasteiger partial charge < -0.3 is 4.74 Å². The molecule has 0 aromatic heterocycles. The molecule has 1 rings (SSSR count). The Kier molecular flexibility index (Phi) is 2.60. The Bertz CT molecular complexity index is 212. The molecular weight excluding hydrogens is 138 g/mol. The van der Waals surface area contributed by atoms with Gasteiger partial charge in [0.2, 0.25) is 0 Å². The molecule has 0 aromatic rings. The zero-order valence-corrected chi connectivity index (χ0v) is 7.00. The largest absolute Gasteiger partial charge is 0.368 e. The number of ether oxygens (including phenoxy) is 1. The van der Waals surface area contributed by atoms with Crippen LogP contribution in [0, 0.1) is 0 Å². The maximum atomic E-state index is 5.15. The van der Waals surface area contributed by atoms with Gasteiger partial charge in [-0.25, -0.2) is 0 Å². The van der Waals surface area contributed by atoms with Gasteiger partial charge in [-0.1, -0.05) is 12.2 Å². The second-order valence-corrected chi connectivity index (χ2v) is 2.52. The Labute approximate surface area is 67.3 Å². The van der Waals surface area contributed by atoms with Crippen LogP contribution in [0.2, 0.25) is 0 Å². The zero-order chi connectivity index (χ0) is 8.27. The van der Waals surface area contributed by atoms with Gasteiger partial charge in [-0.3, -0.25) is 4.99 Å². The summed E-state index contributed by atoms with van der Waals surface area (Å²) < 4.78 is 5.15. The van der Waals surface area contributed by atoms with Crippen LogP contribution in [-0.2, 0) is 4.74 Å². The molecule has 1 atom stereocenters. The van der Waals surface area contributed by atoms with E-state index < -0.39 is 0 Å². The van der Waals surface area contributed by atoms with Crippen molar-refractivity contribution in [2.75, 3.05) is 6.61 Å². The van der Waals surface area contributed by atoms with E-state index in [0.717, 1.165) is 17.9 Å². The van der Waals surface area contributed by atoms with Crippen molar-refractivity contribution in [3.8, 4) is 0 Å². The molecule has 1 aliphatic rings. The highest BCUT2D eigenvalue weighted by molar-refractivity contribution is 5.36. The fourth-order valence-corrected chi connectivity index (χ4v) is 0.959. The molecule has 0 bridgehead atoms. The fraction of sp³-hybridized carbons (Fsp3) is 0.444. The predicted molar refractivity (Wildman–Crippen MR) is 46.8 cm³/mol. The van der Waals surface area contributed by atoms with E-state index in [9.17, 15) is 0 Å². The molecule has 1 heterocycles. The summed E-state index contributed by atoms with van der Waals surface area (Å²) in [6.07, 6.45) is 4.30. The molecule has 11 heavy (non-hydrogen) atoms. The average molecular weight is 151 g/mol. The average Bonchev–Trinajstić information content (AvgIpc) is 2.81. The first-order chi connectivity index (χ1) is 5.29. The lowest BCUT2D eigenvalue weighted by atomic mass is 10.1. The molecule has 1 aliphatic heterocycles. The van der Waals surface area contributed by atoms with E-state index >= 15 is 0 Å². The summed E-state index contributed by atoms with van der Waals surface area (Å²) in [4.78, 5) is 3.87. The van der Waals surface area contributed by atoms with E-state index in [1.54, 1.807) is 0 Å². The number of aliphatic imine (C=N–C) groups is 1. The normalized spacial score (nSPS) is 25.1. The van der Waals surface area contributed by atoms with E-state index in [4.69, 9.17) is 4.74 Å². The third-order valence-corrected chi connectivity index (χ3v) is 1.68. The van der Waals surface area contributed by atoms with E-state index in [0.29, 0.717) is 0 Å². The van der Waals surface area contributed by atoms with Crippen molar-refractivity contribution in [3.63, 3.8) is 0 Å². The highest BCUT2D eigenvalue weighted by atomic mass is 16.6. The van der Waals surface area contributed by atoms with Crippen LogP contribution in [0.5, 0.6) is 0 Å². The van der Waals surface area contributed by atoms with Crippen molar-refractivity contribution in [2.24, 2.45) is 4.99 Å². The summed E-state index contributed by atoms with van der Waals surface area (Å²) in [6, 6.07) is 0. The van der Waals surface area contributed by atoms with Gasteiger partial charge in [0.15, 0.2) is 0 Å². The minimum Gasteiger partial charge on any atom is -0.368 e. The van der Waals surface area contributed by atoms with Crippen LogP contribution in [0.1, 0.15) is 13.8 Å². The molecule has 1 fully saturated rings. The molecule has 1 saturated heterocycles. The molecule has 0 N–H and O–H groups in total. The molecule has 1 unspecified atom stereocenters. The number of hydrogen-bond acceptors (Lipinski definition) is 2. The molecule has 60 valence electrons. The van der Waals surface area contributed by atoms with Crippen LogP contribution < -0.4 is 0 Å². The van der Waals surface area contributed by atoms with Gasteiger partial charge in [0.25, 0.3) is 0 Å². The van der Waals surface area contributed by atoms with Crippen molar-refractivity contribution >= 4 is 6.72 Å².